The maximum Gasteiger partial charge on any atom is 0.119 e. The Morgan fingerprint density at radius 2 is 1.18 bits per heavy atom. The summed E-state index contributed by atoms with van der Waals surface area (Å²) >= 11 is 0. The summed E-state index contributed by atoms with van der Waals surface area (Å²) in [6.07, 6.45) is 12.1. The number of piperazine rings is 1. The van der Waals surface area contributed by atoms with Gasteiger partial charge in [-0.2, -0.15) is 0 Å². The van der Waals surface area contributed by atoms with E-state index in [1.807, 2.05) is 30.3 Å². The Hall–Kier alpha value is -0.230. The minimum atomic E-state index is 0. The first-order valence-electron chi connectivity index (χ1n) is 12.6. The van der Waals surface area contributed by atoms with E-state index in [1.165, 1.54) is 110 Å². The third kappa shape index (κ3) is 17.8. The molecule has 0 spiro atoms. The maximum atomic E-state index is 5.76. The van der Waals surface area contributed by atoms with Gasteiger partial charge < -0.3 is 19.4 Å². The smallest absolute Gasteiger partial charge is 0.119 e. The van der Waals surface area contributed by atoms with Gasteiger partial charge in [-0.25, -0.2) is 0 Å². The second kappa shape index (κ2) is 23.5. The Balaban J connectivity index is 0. The number of rotatable bonds is 17. The number of unbranched alkanes of at least 4 members (excludes halogenated alkanes) is 7. The number of halogens is 3. The third-order valence-corrected chi connectivity index (χ3v) is 6.40. The van der Waals surface area contributed by atoms with Crippen LogP contribution in [0.15, 0.2) is 30.3 Å². The Bertz CT molecular complexity index is 517. The van der Waals surface area contributed by atoms with Crippen LogP contribution >= 0.6 is 37.2 Å². The molecule has 1 heterocycles. The van der Waals surface area contributed by atoms with Crippen molar-refractivity contribution < 1.29 is 4.74 Å². The highest BCUT2D eigenvalue weighted by molar-refractivity contribution is 5.86. The number of hydrogen-bond acceptors (Lipinski definition) is 4. The van der Waals surface area contributed by atoms with Crippen LogP contribution < -0.4 is 4.74 Å². The Kier molecular flexibility index (Phi) is 24.9. The molecule has 0 N–H and O–H groups in total. The topological polar surface area (TPSA) is 19.0 Å². The first-order chi connectivity index (χ1) is 14.8. The van der Waals surface area contributed by atoms with Crippen molar-refractivity contribution in [3.05, 3.63) is 30.3 Å². The lowest BCUT2D eigenvalue weighted by molar-refractivity contribution is 0.128. The molecule has 0 aliphatic carbocycles. The van der Waals surface area contributed by atoms with Gasteiger partial charge in [-0.15, -0.1) is 37.2 Å². The van der Waals surface area contributed by atoms with Crippen molar-refractivity contribution in [2.75, 3.05) is 66.0 Å². The van der Waals surface area contributed by atoms with Crippen LogP contribution in [0, 0.1) is 0 Å². The van der Waals surface area contributed by atoms with E-state index in [0.29, 0.717) is 0 Å². The van der Waals surface area contributed by atoms with E-state index in [9.17, 15) is 0 Å². The predicted octanol–water partition coefficient (Wildman–Crippen LogP) is 6.41. The van der Waals surface area contributed by atoms with Gasteiger partial charge in [-0.1, -0.05) is 57.2 Å². The third-order valence-electron chi connectivity index (χ3n) is 6.40. The van der Waals surface area contributed by atoms with Crippen LogP contribution in [0.5, 0.6) is 5.75 Å². The molecule has 1 fully saturated rings. The molecule has 1 saturated heterocycles. The van der Waals surface area contributed by atoms with E-state index in [2.05, 4.69) is 28.7 Å². The van der Waals surface area contributed by atoms with Gasteiger partial charge >= 0.3 is 0 Å². The Labute approximate surface area is 223 Å². The van der Waals surface area contributed by atoms with E-state index in [4.69, 9.17) is 4.74 Å². The second-order valence-corrected chi connectivity index (χ2v) is 8.92. The molecule has 1 aliphatic heterocycles. The number of para-hydroxylation sites is 1. The van der Waals surface area contributed by atoms with Crippen molar-refractivity contribution in [3.63, 3.8) is 0 Å². The number of benzene rings is 1. The molecule has 0 aromatic heterocycles. The molecule has 0 bridgehead atoms. The summed E-state index contributed by atoms with van der Waals surface area (Å²) < 4.78 is 5.76. The van der Waals surface area contributed by atoms with Gasteiger partial charge in [0.05, 0.1) is 6.61 Å². The van der Waals surface area contributed by atoms with Gasteiger partial charge in [0.15, 0.2) is 0 Å². The molecule has 2 rings (SSSR count). The van der Waals surface area contributed by atoms with Crippen molar-refractivity contribution in [2.45, 2.75) is 64.7 Å². The van der Waals surface area contributed by atoms with Gasteiger partial charge in [0.1, 0.15) is 5.75 Å². The van der Waals surface area contributed by atoms with Crippen molar-refractivity contribution in [2.24, 2.45) is 0 Å². The first kappa shape index (κ1) is 34.9. The Morgan fingerprint density at radius 1 is 0.697 bits per heavy atom. The van der Waals surface area contributed by atoms with E-state index < -0.39 is 0 Å². The first-order valence-corrected chi connectivity index (χ1v) is 12.6. The monoisotopic (exact) mass is 525 g/mol. The molecule has 1 aliphatic rings. The summed E-state index contributed by atoms with van der Waals surface area (Å²) in [6.45, 7) is 13.2. The lowest BCUT2D eigenvalue weighted by atomic mass is 10.1. The molecule has 0 unspecified atom stereocenters. The minimum absolute atomic E-state index is 0. The molecule has 7 heteroatoms. The fourth-order valence-corrected chi connectivity index (χ4v) is 4.14. The van der Waals surface area contributed by atoms with Gasteiger partial charge in [0.25, 0.3) is 0 Å². The zero-order chi connectivity index (χ0) is 21.3. The normalized spacial score (nSPS) is 14.3. The lowest BCUT2D eigenvalue weighted by Crippen LogP contribution is -2.46. The highest BCUT2D eigenvalue weighted by Gasteiger charge is 2.15. The summed E-state index contributed by atoms with van der Waals surface area (Å²) in [7, 11) is 2.22. The molecule has 0 saturated carbocycles. The summed E-state index contributed by atoms with van der Waals surface area (Å²) in [6, 6.07) is 10.2. The summed E-state index contributed by atoms with van der Waals surface area (Å²) in [5.74, 6) is 0.998. The molecule has 4 nitrogen and oxygen atoms in total. The molecule has 0 radical (unpaired) electrons. The second-order valence-electron chi connectivity index (χ2n) is 8.92. The SMILES string of the molecule is CCN(C)CCCCN1CCN(CCCCCCCCCOc2ccccc2)CC1.Cl.Cl.Cl. The zero-order valence-electron chi connectivity index (χ0n) is 21.1. The number of hydrogen-bond donors (Lipinski definition) is 0. The maximum absolute atomic E-state index is 5.76. The van der Waals surface area contributed by atoms with Crippen LogP contribution in [0.1, 0.15) is 64.7 Å². The predicted molar refractivity (Wildman–Crippen MR) is 151 cm³/mol. The van der Waals surface area contributed by atoms with E-state index in [-0.39, 0.29) is 37.2 Å². The largest absolute Gasteiger partial charge is 0.494 e. The summed E-state index contributed by atoms with van der Waals surface area (Å²) in [4.78, 5) is 7.77. The number of nitrogens with zero attached hydrogens (tertiary/aromatic N) is 3. The van der Waals surface area contributed by atoms with Crippen LogP contribution in [0.4, 0.5) is 0 Å². The molecule has 33 heavy (non-hydrogen) atoms. The molecule has 0 amide bonds. The van der Waals surface area contributed by atoms with Crippen molar-refractivity contribution in [3.8, 4) is 5.75 Å². The van der Waals surface area contributed by atoms with E-state index in [1.54, 1.807) is 0 Å². The molecular formula is C26H50Cl3N3O. The van der Waals surface area contributed by atoms with Crippen LogP contribution in [0.2, 0.25) is 0 Å². The lowest BCUT2D eigenvalue weighted by Gasteiger charge is -2.34. The van der Waals surface area contributed by atoms with Crippen molar-refractivity contribution >= 4 is 37.2 Å². The molecule has 1 aromatic carbocycles. The molecule has 1 aromatic rings. The summed E-state index contributed by atoms with van der Waals surface area (Å²) in [5, 5.41) is 0. The van der Waals surface area contributed by atoms with E-state index in [0.717, 1.165) is 12.4 Å². The van der Waals surface area contributed by atoms with Gasteiger partial charge in [-0.05, 0) is 71.0 Å². The van der Waals surface area contributed by atoms with Crippen molar-refractivity contribution in [1.29, 1.82) is 0 Å². The highest BCUT2D eigenvalue weighted by atomic mass is 35.5. The average Bonchev–Trinajstić information content (AvgIpc) is 2.79. The van der Waals surface area contributed by atoms with Crippen LogP contribution in [-0.2, 0) is 0 Å². The fraction of sp³-hybridized carbons (Fsp3) is 0.769. The van der Waals surface area contributed by atoms with E-state index >= 15 is 0 Å². The standard InChI is InChI=1S/C26H47N3O.3ClH/c1-3-27(2)18-13-14-20-29-23-21-28(22-24-29)19-12-7-5-4-6-8-15-25-30-26-16-10-9-11-17-26;;;/h9-11,16-17H,3-8,12-15,18-25H2,1-2H3;3*1H. The quantitative estimate of drug-likeness (QED) is 0.218. The van der Waals surface area contributed by atoms with Crippen LogP contribution in [0.3, 0.4) is 0 Å². The fourth-order valence-electron chi connectivity index (χ4n) is 4.14. The number of ether oxygens (including phenoxy) is 1. The highest BCUT2D eigenvalue weighted by Crippen LogP contribution is 2.12. The molecular weight excluding hydrogens is 477 g/mol. The van der Waals surface area contributed by atoms with Crippen LogP contribution in [0.25, 0.3) is 0 Å². The van der Waals surface area contributed by atoms with Crippen LogP contribution in [-0.4, -0.2) is 80.7 Å². The van der Waals surface area contributed by atoms with Gasteiger partial charge in [0.2, 0.25) is 0 Å². The zero-order valence-corrected chi connectivity index (χ0v) is 23.5. The van der Waals surface area contributed by atoms with Gasteiger partial charge in [0, 0.05) is 26.2 Å². The van der Waals surface area contributed by atoms with Gasteiger partial charge in [-0.3, -0.25) is 0 Å². The Morgan fingerprint density at radius 3 is 1.73 bits per heavy atom. The molecule has 196 valence electrons. The minimum Gasteiger partial charge on any atom is -0.494 e. The average molecular weight is 527 g/mol. The molecule has 0 atom stereocenters. The summed E-state index contributed by atoms with van der Waals surface area (Å²) in [5.41, 5.74) is 0. The van der Waals surface area contributed by atoms with Crippen molar-refractivity contribution in [1.82, 2.24) is 14.7 Å².